The van der Waals surface area contributed by atoms with E-state index in [1.807, 2.05) is 38.1 Å². The molecule has 2 heterocycles. The lowest BCUT2D eigenvalue weighted by Crippen LogP contribution is -2.31. The Bertz CT molecular complexity index is 943. The molecule has 1 aromatic carbocycles. The number of amides is 1. The van der Waals surface area contributed by atoms with E-state index < -0.39 is 0 Å². The van der Waals surface area contributed by atoms with Crippen LogP contribution in [-0.2, 0) is 6.42 Å². The lowest BCUT2D eigenvalue weighted by molar-refractivity contribution is 0.0953. The Morgan fingerprint density at radius 3 is 2.67 bits per heavy atom. The van der Waals surface area contributed by atoms with E-state index in [0.717, 1.165) is 23.1 Å². The van der Waals surface area contributed by atoms with E-state index >= 15 is 0 Å². The number of aromatic nitrogens is 2. The molecule has 0 fully saturated rings. The highest BCUT2D eigenvalue weighted by Gasteiger charge is 2.12. The van der Waals surface area contributed by atoms with Gasteiger partial charge in [-0.2, -0.15) is 0 Å². The van der Waals surface area contributed by atoms with Crippen molar-refractivity contribution in [1.82, 2.24) is 15.3 Å². The van der Waals surface area contributed by atoms with Gasteiger partial charge in [0.15, 0.2) is 0 Å². The first kappa shape index (κ1) is 15.9. The van der Waals surface area contributed by atoms with E-state index in [9.17, 15) is 9.59 Å². The summed E-state index contributed by atoms with van der Waals surface area (Å²) in [5.74, 6) is -0.367. The van der Waals surface area contributed by atoms with Gasteiger partial charge in [0.05, 0.1) is 5.52 Å². The van der Waals surface area contributed by atoms with E-state index in [2.05, 4.69) is 15.3 Å². The maximum Gasteiger partial charge on any atom is 0.261 e. The minimum absolute atomic E-state index is 0.113. The number of hydrogen-bond donors (Lipinski definition) is 2. The van der Waals surface area contributed by atoms with Gasteiger partial charge in [0.1, 0.15) is 5.56 Å². The second-order valence-corrected chi connectivity index (χ2v) is 5.86. The normalized spacial score (nSPS) is 10.8. The zero-order valence-electron chi connectivity index (χ0n) is 13.7. The van der Waals surface area contributed by atoms with Crippen LogP contribution in [0.5, 0.6) is 0 Å². The van der Waals surface area contributed by atoms with Crippen LogP contribution in [0.15, 0.2) is 47.4 Å². The number of carbonyl (C=O) groups is 1. The summed E-state index contributed by atoms with van der Waals surface area (Å²) in [6.07, 6.45) is 2.35. The topological polar surface area (TPSA) is 74.8 Å². The molecule has 0 aliphatic heterocycles. The lowest BCUT2D eigenvalue weighted by atomic mass is 10.1. The lowest BCUT2D eigenvalue weighted by Gasteiger charge is -2.07. The Labute approximate surface area is 139 Å². The Hall–Kier alpha value is -2.95. The SMILES string of the molecule is Cc1ccc(CCNC(=O)c2cc3c(C)nccc3[nH]c2=O)cc1. The fourth-order valence-corrected chi connectivity index (χ4v) is 2.61. The number of aromatic amines is 1. The van der Waals surface area contributed by atoms with Crippen molar-refractivity contribution >= 4 is 16.8 Å². The van der Waals surface area contributed by atoms with Gasteiger partial charge in [0.2, 0.25) is 0 Å². The fourth-order valence-electron chi connectivity index (χ4n) is 2.61. The number of hydrogen-bond acceptors (Lipinski definition) is 3. The maximum atomic E-state index is 12.3. The van der Waals surface area contributed by atoms with Gasteiger partial charge in [-0.1, -0.05) is 29.8 Å². The van der Waals surface area contributed by atoms with Crippen LogP contribution in [0.3, 0.4) is 0 Å². The van der Waals surface area contributed by atoms with Gasteiger partial charge >= 0.3 is 0 Å². The van der Waals surface area contributed by atoms with E-state index in [0.29, 0.717) is 12.1 Å². The third kappa shape index (κ3) is 3.35. The van der Waals surface area contributed by atoms with Crippen LogP contribution >= 0.6 is 0 Å². The van der Waals surface area contributed by atoms with Gasteiger partial charge in [0.25, 0.3) is 11.5 Å². The summed E-state index contributed by atoms with van der Waals surface area (Å²) in [6.45, 7) is 4.36. The molecule has 24 heavy (non-hydrogen) atoms. The molecule has 5 heteroatoms. The average molecular weight is 321 g/mol. The first-order valence-electron chi connectivity index (χ1n) is 7.87. The molecule has 0 aliphatic rings. The zero-order chi connectivity index (χ0) is 17.1. The minimum Gasteiger partial charge on any atom is -0.352 e. The molecule has 2 aromatic heterocycles. The molecule has 0 unspecified atom stereocenters. The van der Waals surface area contributed by atoms with Crippen molar-refractivity contribution in [3.63, 3.8) is 0 Å². The number of aryl methyl sites for hydroxylation is 2. The molecule has 0 saturated carbocycles. The molecule has 5 nitrogen and oxygen atoms in total. The van der Waals surface area contributed by atoms with Crippen molar-refractivity contribution in [2.45, 2.75) is 20.3 Å². The van der Waals surface area contributed by atoms with E-state index in [1.165, 1.54) is 5.56 Å². The van der Waals surface area contributed by atoms with E-state index in [4.69, 9.17) is 0 Å². The second-order valence-electron chi connectivity index (χ2n) is 5.86. The number of rotatable bonds is 4. The molecule has 0 saturated heterocycles. The van der Waals surface area contributed by atoms with Gasteiger partial charge in [0, 0.05) is 23.8 Å². The third-order valence-corrected chi connectivity index (χ3v) is 4.04. The number of carbonyl (C=O) groups excluding carboxylic acids is 1. The van der Waals surface area contributed by atoms with Gasteiger partial charge in [-0.3, -0.25) is 14.6 Å². The van der Waals surface area contributed by atoms with Crippen molar-refractivity contribution in [3.8, 4) is 0 Å². The highest BCUT2D eigenvalue weighted by Crippen LogP contribution is 2.13. The third-order valence-electron chi connectivity index (χ3n) is 4.04. The summed E-state index contributed by atoms with van der Waals surface area (Å²) < 4.78 is 0. The van der Waals surface area contributed by atoms with Crippen molar-refractivity contribution in [1.29, 1.82) is 0 Å². The molecule has 3 aromatic rings. The first-order valence-corrected chi connectivity index (χ1v) is 7.87. The summed E-state index contributed by atoms with van der Waals surface area (Å²) in [7, 11) is 0. The highest BCUT2D eigenvalue weighted by atomic mass is 16.2. The second kappa shape index (κ2) is 6.66. The summed E-state index contributed by atoms with van der Waals surface area (Å²) in [6, 6.07) is 11.5. The number of benzene rings is 1. The zero-order valence-corrected chi connectivity index (χ0v) is 13.7. The number of fused-ring (bicyclic) bond motifs is 1. The van der Waals surface area contributed by atoms with Crippen LogP contribution < -0.4 is 10.9 Å². The molecule has 122 valence electrons. The molecule has 0 bridgehead atoms. The van der Waals surface area contributed by atoms with Crippen LogP contribution in [0.25, 0.3) is 10.9 Å². The van der Waals surface area contributed by atoms with Crippen molar-refractivity contribution < 1.29 is 4.79 Å². The predicted molar refractivity (Wildman–Crippen MR) is 94.3 cm³/mol. The molecule has 3 rings (SSSR count). The molecule has 2 N–H and O–H groups in total. The molecule has 0 atom stereocenters. The molecule has 0 spiro atoms. The number of H-pyrrole nitrogens is 1. The fraction of sp³-hybridized carbons (Fsp3) is 0.211. The van der Waals surface area contributed by atoms with Crippen molar-refractivity contribution in [3.05, 3.63) is 75.3 Å². The van der Waals surface area contributed by atoms with Crippen LogP contribution in [0, 0.1) is 13.8 Å². The number of nitrogens with one attached hydrogen (secondary N) is 2. The van der Waals surface area contributed by atoms with Crippen LogP contribution in [-0.4, -0.2) is 22.4 Å². The molecule has 0 radical (unpaired) electrons. The first-order chi connectivity index (χ1) is 11.5. The van der Waals surface area contributed by atoms with Crippen molar-refractivity contribution in [2.24, 2.45) is 0 Å². The summed E-state index contributed by atoms with van der Waals surface area (Å²) in [4.78, 5) is 31.4. The van der Waals surface area contributed by atoms with Crippen LogP contribution in [0.1, 0.15) is 27.2 Å². The summed E-state index contributed by atoms with van der Waals surface area (Å²) in [5, 5.41) is 3.59. The maximum absolute atomic E-state index is 12.3. The summed E-state index contributed by atoms with van der Waals surface area (Å²) >= 11 is 0. The monoisotopic (exact) mass is 321 g/mol. The number of pyridine rings is 2. The van der Waals surface area contributed by atoms with Gasteiger partial charge in [-0.15, -0.1) is 0 Å². The average Bonchev–Trinajstić information content (AvgIpc) is 2.56. The summed E-state index contributed by atoms with van der Waals surface area (Å²) in [5.41, 5.74) is 3.53. The Morgan fingerprint density at radius 1 is 1.17 bits per heavy atom. The largest absolute Gasteiger partial charge is 0.352 e. The Morgan fingerprint density at radius 2 is 1.92 bits per heavy atom. The number of nitrogens with zero attached hydrogens (tertiary/aromatic N) is 1. The quantitative estimate of drug-likeness (QED) is 0.775. The minimum atomic E-state index is -0.388. The van der Waals surface area contributed by atoms with Gasteiger partial charge < -0.3 is 10.3 Å². The molecule has 0 aliphatic carbocycles. The molecule has 1 amide bonds. The predicted octanol–water partition coefficient (Wildman–Crippen LogP) is 2.51. The van der Waals surface area contributed by atoms with Crippen LogP contribution in [0.4, 0.5) is 0 Å². The Balaban J connectivity index is 1.74. The van der Waals surface area contributed by atoms with Crippen molar-refractivity contribution in [2.75, 3.05) is 6.54 Å². The van der Waals surface area contributed by atoms with E-state index in [1.54, 1.807) is 18.3 Å². The Kier molecular flexibility index (Phi) is 4.42. The van der Waals surface area contributed by atoms with Gasteiger partial charge in [-0.25, -0.2) is 0 Å². The standard InChI is InChI=1S/C19H19N3O2/c1-12-3-5-14(6-4-12)7-9-21-18(23)16-11-15-13(2)20-10-8-17(15)22-19(16)24/h3-6,8,10-11H,7,9H2,1-2H3,(H,21,23)(H,22,24). The molecular formula is C19H19N3O2. The molecular weight excluding hydrogens is 302 g/mol. The smallest absolute Gasteiger partial charge is 0.261 e. The van der Waals surface area contributed by atoms with Crippen LogP contribution in [0.2, 0.25) is 0 Å². The highest BCUT2D eigenvalue weighted by molar-refractivity contribution is 5.97. The van der Waals surface area contributed by atoms with E-state index in [-0.39, 0.29) is 17.0 Å². The van der Waals surface area contributed by atoms with Gasteiger partial charge in [-0.05, 0) is 38.0 Å².